The molecule has 0 radical (unpaired) electrons. The Labute approximate surface area is 120 Å². The first-order chi connectivity index (χ1) is 9.49. The van der Waals surface area contributed by atoms with Gasteiger partial charge >= 0.3 is 7.12 Å². The minimum atomic E-state index is -1.71. The Bertz CT molecular complexity index is 652. The first kappa shape index (κ1) is 14.3. The summed E-state index contributed by atoms with van der Waals surface area (Å²) in [6.45, 7) is 0. The van der Waals surface area contributed by atoms with Crippen molar-refractivity contribution < 1.29 is 14.8 Å². The number of hydrogen-bond acceptors (Lipinski definition) is 5. The summed E-state index contributed by atoms with van der Waals surface area (Å²) in [6, 6.07) is 9.37. The van der Waals surface area contributed by atoms with E-state index in [1.807, 2.05) is 0 Å². The molecule has 1 heterocycles. The molecule has 5 N–H and O–H groups in total. The highest BCUT2D eigenvalue weighted by Crippen LogP contribution is 2.16. The Morgan fingerprint density at radius 2 is 1.95 bits per heavy atom. The smallest absolute Gasteiger partial charge is 0.423 e. The SMILES string of the molecule is Nc1nc(NC(=O)c2ccccc2Cl)ccc1B(O)O. The number of nitrogens with two attached hydrogens (primary N) is 1. The van der Waals surface area contributed by atoms with Crippen molar-refractivity contribution in [3.05, 3.63) is 47.0 Å². The van der Waals surface area contributed by atoms with Crippen LogP contribution in [0.3, 0.4) is 0 Å². The Kier molecular flexibility index (Phi) is 4.24. The lowest BCUT2D eigenvalue weighted by Gasteiger charge is -2.08. The molecule has 102 valence electrons. The van der Waals surface area contributed by atoms with E-state index in [-0.39, 0.29) is 17.1 Å². The van der Waals surface area contributed by atoms with Gasteiger partial charge in [-0.05, 0) is 18.2 Å². The van der Waals surface area contributed by atoms with Crippen molar-refractivity contribution >= 4 is 41.7 Å². The fourth-order valence-corrected chi connectivity index (χ4v) is 1.82. The van der Waals surface area contributed by atoms with E-state index in [0.29, 0.717) is 10.6 Å². The zero-order valence-electron chi connectivity index (χ0n) is 10.2. The number of rotatable bonds is 3. The van der Waals surface area contributed by atoms with Crippen LogP contribution in [0.5, 0.6) is 0 Å². The van der Waals surface area contributed by atoms with Crippen LogP contribution < -0.4 is 16.5 Å². The third-order valence-corrected chi connectivity index (χ3v) is 2.93. The van der Waals surface area contributed by atoms with Gasteiger partial charge in [0.1, 0.15) is 11.6 Å². The molecule has 0 unspecified atom stereocenters. The molecule has 0 aliphatic carbocycles. The number of nitrogen functional groups attached to an aromatic ring is 1. The van der Waals surface area contributed by atoms with E-state index in [9.17, 15) is 4.79 Å². The highest BCUT2D eigenvalue weighted by Gasteiger charge is 2.17. The number of nitrogens with zero attached hydrogens (tertiary/aromatic N) is 1. The van der Waals surface area contributed by atoms with E-state index in [4.69, 9.17) is 27.4 Å². The molecule has 2 rings (SSSR count). The van der Waals surface area contributed by atoms with Crippen molar-refractivity contribution in [2.75, 3.05) is 11.1 Å². The molecule has 0 fully saturated rings. The van der Waals surface area contributed by atoms with Crippen LogP contribution in [0.15, 0.2) is 36.4 Å². The van der Waals surface area contributed by atoms with Crippen LogP contribution in [0.25, 0.3) is 0 Å². The van der Waals surface area contributed by atoms with E-state index < -0.39 is 13.0 Å². The standard InChI is InChI=1S/C12H11BClN3O3/c14-9-4-2-1-3-7(9)12(18)17-10-6-5-8(13(19)20)11(15)16-10/h1-6,19-20H,(H3,15,16,17,18). The Balaban J connectivity index is 2.21. The number of nitrogens with one attached hydrogen (secondary N) is 1. The van der Waals surface area contributed by atoms with Gasteiger partial charge in [0.2, 0.25) is 0 Å². The second-order valence-corrected chi connectivity index (χ2v) is 4.39. The summed E-state index contributed by atoms with van der Waals surface area (Å²) in [4.78, 5) is 15.9. The summed E-state index contributed by atoms with van der Waals surface area (Å²) >= 11 is 5.91. The van der Waals surface area contributed by atoms with E-state index in [1.54, 1.807) is 24.3 Å². The number of carbonyl (C=O) groups is 1. The van der Waals surface area contributed by atoms with Crippen molar-refractivity contribution in [2.24, 2.45) is 0 Å². The first-order valence-corrected chi connectivity index (χ1v) is 6.05. The van der Waals surface area contributed by atoms with Crippen molar-refractivity contribution in [3.63, 3.8) is 0 Å². The monoisotopic (exact) mass is 291 g/mol. The second kappa shape index (κ2) is 5.91. The maximum atomic E-state index is 12.0. The van der Waals surface area contributed by atoms with E-state index >= 15 is 0 Å². The van der Waals surface area contributed by atoms with Crippen LogP contribution in [0.4, 0.5) is 11.6 Å². The Morgan fingerprint density at radius 1 is 1.25 bits per heavy atom. The van der Waals surface area contributed by atoms with Gasteiger partial charge in [-0.1, -0.05) is 29.8 Å². The molecular weight excluding hydrogens is 280 g/mol. The van der Waals surface area contributed by atoms with Crippen LogP contribution in [0.2, 0.25) is 5.02 Å². The third kappa shape index (κ3) is 3.08. The predicted octanol–water partition coefficient (Wildman–Crippen LogP) is 0.249. The molecule has 0 aliphatic heterocycles. The fraction of sp³-hybridized carbons (Fsp3) is 0. The molecular formula is C12H11BClN3O3. The average molecular weight is 292 g/mol. The van der Waals surface area contributed by atoms with Gasteiger partial charge in [0.05, 0.1) is 10.6 Å². The van der Waals surface area contributed by atoms with Gasteiger partial charge in [0.15, 0.2) is 0 Å². The predicted molar refractivity (Wildman–Crippen MR) is 77.9 cm³/mol. The number of pyridine rings is 1. The lowest BCUT2D eigenvalue weighted by atomic mass is 9.80. The molecule has 1 amide bonds. The van der Waals surface area contributed by atoms with Gasteiger partial charge in [-0.25, -0.2) is 4.98 Å². The minimum absolute atomic E-state index is 0.0701. The second-order valence-electron chi connectivity index (χ2n) is 3.98. The lowest BCUT2D eigenvalue weighted by molar-refractivity contribution is 0.102. The third-order valence-electron chi connectivity index (χ3n) is 2.60. The van der Waals surface area contributed by atoms with Gasteiger partial charge in [-0.3, -0.25) is 4.79 Å². The summed E-state index contributed by atoms with van der Waals surface area (Å²) in [5.74, 6) is -0.312. The van der Waals surface area contributed by atoms with Gasteiger partial charge in [-0.15, -0.1) is 0 Å². The van der Waals surface area contributed by atoms with Crippen LogP contribution in [-0.4, -0.2) is 28.1 Å². The molecule has 0 bridgehead atoms. The van der Waals surface area contributed by atoms with Gasteiger partial charge in [0, 0.05) is 5.46 Å². The summed E-state index contributed by atoms with van der Waals surface area (Å²) in [5.41, 5.74) is 5.93. The van der Waals surface area contributed by atoms with Crippen molar-refractivity contribution in [2.45, 2.75) is 0 Å². The van der Waals surface area contributed by atoms with Crippen LogP contribution >= 0.6 is 11.6 Å². The maximum Gasteiger partial charge on any atom is 0.492 e. The normalized spacial score (nSPS) is 10.2. The summed E-state index contributed by atoms with van der Waals surface area (Å²) in [5, 5.41) is 20.9. The largest absolute Gasteiger partial charge is 0.492 e. The number of halogens is 1. The van der Waals surface area contributed by atoms with Crippen LogP contribution in [-0.2, 0) is 0 Å². The fourth-order valence-electron chi connectivity index (χ4n) is 1.60. The topological polar surface area (TPSA) is 108 Å². The first-order valence-electron chi connectivity index (χ1n) is 5.67. The highest BCUT2D eigenvalue weighted by molar-refractivity contribution is 6.60. The number of amides is 1. The molecule has 8 heteroatoms. The lowest BCUT2D eigenvalue weighted by Crippen LogP contribution is -2.33. The number of aromatic nitrogens is 1. The van der Waals surface area contributed by atoms with Crippen LogP contribution in [0, 0.1) is 0 Å². The summed E-state index contributed by atoms with van der Waals surface area (Å²) < 4.78 is 0. The minimum Gasteiger partial charge on any atom is -0.423 e. The maximum absolute atomic E-state index is 12.0. The highest BCUT2D eigenvalue weighted by atomic mass is 35.5. The number of carbonyl (C=O) groups excluding carboxylic acids is 1. The Morgan fingerprint density at radius 3 is 2.55 bits per heavy atom. The molecule has 0 spiro atoms. The molecule has 0 saturated carbocycles. The molecule has 1 aromatic heterocycles. The molecule has 0 aliphatic rings. The van der Waals surface area contributed by atoms with Crippen LogP contribution in [0.1, 0.15) is 10.4 Å². The molecule has 0 saturated heterocycles. The van der Waals surface area contributed by atoms with Crippen molar-refractivity contribution in [3.8, 4) is 0 Å². The average Bonchev–Trinajstić information content (AvgIpc) is 2.38. The summed E-state index contributed by atoms with van der Waals surface area (Å²) in [7, 11) is -1.71. The zero-order chi connectivity index (χ0) is 14.7. The van der Waals surface area contributed by atoms with Gasteiger partial charge in [-0.2, -0.15) is 0 Å². The number of benzene rings is 1. The molecule has 1 aromatic carbocycles. The summed E-state index contributed by atoms with van der Waals surface area (Å²) in [6.07, 6.45) is 0. The number of hydrogen-bond donors (Lipinski definition) is 4. The quantitative estimate of drug-likeness (QED) is 0.606. The zero-order valence-corrected chi connectivity index (χ0v) is 11.0. The Hall–Kier alpha value is -2.09. The van der Waals surface area contributed by atoms with Gasteiger partial charge < -0.3 is 21.1 Å². The van der Waals surface area contributed by atoms with E-state index in [2.05, 4.69) is 10.3 Å². The van der Waals surface area contributed by atoms with E-state index in [1.165, 1.54) is 12.1 Å². The number of anilines is 2. The van der Waals surface area contributed by atoms with Crippen molar-refractivity contribution in [1.29, 1.82) is 0 Å². The molecule has 6 nitrogen and oxygen atoms in total. The van der Waals surface area contributed by atoms with Gasteiger partial charge in [0.25, 0.3) is 5.91 Å². The molecule has 2 aromatic rings. The molecule has 20 heavy (non-hydrogen) atoms. The van der Waals surface area contributed by atoms with E-state index in [0.717, 1.165) is 0 Å². The molecule has 0 atom stereocenters. The van der Waals surface area contributed by atoms with Crippen molar-refractivity contribution in [1.82, 2.24) is 4.98 Å².